The fourth-order valence-corrected chi connectivity index (χ4v) is 5.90. The van der Waals surface area contributed by atoms with Crippen molar-refractivity contribution in [1.29, 1.82) is 0 Å². The van der Waals surface area contributed by atoms with Gasteiger partial charge in [0.2, 0.25) is 11.9 Å². The molecule has 3 fully saturated rings. The van der Waals surface area contributed by atoms with Crippen LogP contribution in [-0.4, -0.2) is 83.3 Å². The third-order valence-electron chi connectivity index (χ3n) is 7.25. The number of hydrogen-bond acceptors (Lipinski definition) is 7. The number of amides is 1. The van der Waals surface area contributed by atoms with Gasteiger partial charge >= 0.3 is 0 Å². The quantitative estimate of drug-likeness (QED) is 0.560. The molecule has 0 aliphatic carbocycles. The number of nitrogens with zero attached hydrogens (tertiary/aromatic N) is 6. The van der Waals surface area contributed by atoms with Crippen LogP contribution in [0.15, 0.2) is 35.5 Å². The summed E-state index contributed by atoms with van der Waals surface area (Å²) >= 11 is 1.52. The third kappa shape index (κ3) is 5.51. The Bertz CT molecular complexity index is 932. The molecular formula is C25H36N6O2S. The van der Waals surface area contributed by atoms with Crippen molar-refractivity contribution in [3.8, 4) is 0 Å². The van der Waals surface area contributed by atoms with Crippen LogP contribution in [0.5, 0.6) is 0 Å². The highest BCUT2D eigenvalue weighted by atomic mass is 32.2. The molecule has 8 nitrogen and oxygen atoms in total. The molecule has 0 bridgehead atoms. The lowest BCUT2D eigenvalue weighted by Gasteiger charge is -2.36. The molecule has 4 heterocycles. The number of piperazine rings is 1. The van der Waals surface area contributed by atoms with Crippen LogP contribution >= 0.6 is 11.8 Å². The number of carbonyl (C=O) groups is 1. The summed E-state index contributed by atoms with van der Waals surface area (Å²) in [6, 6.07) is 10.4. The molecule has 0 spiro atoms. The van der Waals surface area contributed by atoms with Crippen molar-refractivity contribution in [1.82, 2.24) is 19.7 Å². The zero-order valence-corrected chi connectivity index (χ0v) is 21.0. The number of thioether (sulfide) groups is 1. The molecule has 1 atom stereocenters. The van der Waals surface area contributed by atoms with E-state index in [0.29, 0.717) is 5.75 Å². The van der Waals surface area contributed by atoms with Gasteiger partial charge in [0.05, 0.1) is 18.4 Å². The van der Waals surface area contributed by atoms with Gasteiger partial charge in [-0.3, -0.25) is 9.36 Å². The second-order valence-corrected chi connectivity index (χ2v) is 10.6. The fraction of sp³-hybridized carbons (Fsp3) is 0.640. The minimum absolute atomic E-state index is 0.178. The van der Waals surface area contributed by atoms with Crippen LogP contribution in [0.25, 0.3) is 0 Å². The number of piperidine rings is 1. The van der Waals surface area contributed by atoms with E-state index in [0.717, 1.165) is 82.3 Å². The van der Waals surface area contributed by atoms with Gasteiger partial charge in [0.1, 0.15) is 0 Å². The molecule has 1 aromatic carbocycles. The zero-order chi connectivity index (χ0) is 23.3. The van der Waals surface area contributed by atoms with Crippen LogP contribution in [0.4, 0.5) is 11.6 Å². The summed E-state index contributed by atoms with van der Waals surface area (Å²) in [4.78, 5) is 19.7. The molecule has 3 aliphatic rings. The third-order valence-corrected chi connectivity index (χ3v) is 8.20. The highest BCUT2D eigenvalue weighted by Crippen LogP contribution is 2.28. The molecule has 3 aliphatic heterocycles. The summed E-state index contributed by atoms with van der Waals surface area (Å²) in [5.74, 6) is 2.28. The number of carbonyl (C=O) groups excluding carboxylic acids is 1. The van der Waals surface area contributed by atoms with Crippen LogP contribution in [0.3, 0.4) is 0 Å². The lowest BCUT2D eigenvalue weighted by molar-refractivity contribution is -0.128. The molecule has 5 rings (SSSR count). The minimum Gasteiger partial charge on any atom is -0.376 e. The summed E-state index contributed by atoms with van der Waals surface area (Å²) in [6.07, 6.45) is 4.76. The Labute approximate surface area is 206 Å². The molecule has 1 unspecified atom stereocenters. The van der Waals surface area contributed by atoms with Gasteiger partial charge in [0, 0.05) is 51.6 Å². The summed E-state index contributed by atoms with van der Waals surface area (Å²) in [5.41, 5.74) is 1.23. The Kier molecular flexibility index (Phi) is 7.59. The number of para-hydroxylation sites is 1. The first-order valence-electron chi connectivity index (χ1n) is 12.7. The second-order valence-electron chi connectivity index (χ2n) is 9.69. The maximum Gasteiger partial charge on any atom is 0.233 e. The van der Waals surface area contributed by atoms with Crippen LogP contribution in [0, 0.1) is 5.92 Å². The minimum atomic E-state index is 0.178. The highest BCUT2D eigenvalue weighted by Gasteiger charge is 2.27. The Morgan fingerprint density at radius 1 is 1.00 bits per heavy atom. The Balaban J connectivity index is 1.20. The van der Waals surface area contributed by atoms with Crippen molar-refractivity contribution in [2.75, 3.05) is 61.4 Å². The first-order valence-corrected chi connectivity index (χ1v) is 13.7. The van der Waals surface area contributed by atoms with Gasteiger partial charge < -0.3 is 19.4 Å². The van der Waals surface area contributed by atoms with E-state index in [9.17, 15) is 4.79 Å². The summed E-state index contributed by atoms with van der Waals surface area (Å²) in [7, 11) is 0. The summed E-state index contributed by atoms with van der Waals surface area (Å²) < 4.78 is 8.13. The van der Waals surface area contributed by atoms with E-state index >= 15 is 0 Å². The van der Waals surface area contributed by atoms with Gasteiger partial charge in [-0.1, -0.05) is 36.9 Å². The second kappa shape index (κ2) is 11.0. The molecule has 0 saturated carbocycles. The summed E-state index contributed by atoms with van der Waals surface area (Å²) in [6.45, 7) is 9.20. The van der Waals surface area contributed by atoms with Gasteiger partial charge in [-0.25, -0.2) is 0 Å². The average molecular weight is 485 g/mol. The first-order chi connectivity index (χ1) is 16.7. The van der Waals surface area contributed by atoms with Crippen molar-refractivity contribution < 1.29 is 9.53 Å². The smallest absolute Gasteiger partial charge is 0.233 e. The largest absolute Gasteiger partial charge is 0.376 e. The molecule has 1 aromatic heterocycles. The number of ether oxygens (including phenoxy) is 1. The van der Waals surface area contributed by atoms with E-state index in [2.05, 4.69) is 55.8 Å². The molecular weight excluding hydrogens is 448 g/mol. The molecule has 2 aromatic rings. The molecule has 184 valence electrons. The maximum atomic E-state index is 13.0. The van der Waals surface area contributed by atoms with Crippen molar-refractivity contribution in [3.63, 3.8) is 0 Å². The normalized spacial score (nSPS) is 21.9. The number of benzene rings is 1. The Morgan fingerprint density at radius 3 is 2.47 bits per heavy atom. The van der Waals surface area contributed by atoms with Gasteiger partial charge in [-0.15, -0.1) is 10.2 Å². The van der Waals surface area contributed by atoms with E-state index in [1.54, 1.807) is 0 Å². The zero-order valence-electron chi connectivity index (χ0n) is 20.1. The molecule has 0 radical (unpaired) electrons. The lowest BCUT2D eigenvalue weighted by atomic mass is 10.00. The van der Waals surface area contributed by atoms with Crippen molar-refractivity contribution >= 4 is 29.3 Å². The van der Waals surface area contributed by atoms with Crippen LogP contribution in [0.2, 0.25) is 0 Å². The SMILES string of the molecule is CC1CCN(c2nnc(SCC(=O)N3CCN(c4ccccc4)CC3)n2CC2CCCO2)CC1. The Hall–Kier alpha value is -2.26. The van der Waals surface area contributed by atoms with E-state index < -0.39 is 0 Å². The van der Waals surface area contributed by atoms with Crippen LogP contribution in [-0.2, 0) is 16.1 Å². The Morgan fingerprint density at radius 2 is 1.76 bits per heavy atom. The summed E-state index contributed by atoms with van der Waals surface area (Å²) in [5, 5.41) is 9.93. The molecule has 0 N–H and O–H groups in total. The molecule has 34 heavy (non-hydrogen) atoms. The van der Waals surface area contributed by atoms with Crippen LogP contribution < -0.4 is 9.80 Å². The average Bonchev–Trinajstić information content (AvgIpc) is 3.54. The van der Waals surface area contributed by atoms with Gasteiger partial charge in [0.25, 0.3) is 0 Å². The first kappa shape index (κ1) is 23.5. The number of aromatic nitrogens is 3. The highest BCUT2D eigenvalue weighted by molar-refractivity contribution is 7.99. The standard InChI is InChI=1S/C25H36N6O2S/c1-20-9-11-30(12-10-20)24-26-27-25(31(24)18-22-8-5-17-33-22)34-19-23(32)29-15-13-28(14-16-29)21-6-3-2-4-7-21/h2-4,6-7,20,22H,5,8-19H2,1H3. The predicted molar refractivity (Wildman–Crippen MR) is 136 cm³/mol. The number of rotatable bonds is 7. The predicted octanol–water partition coefficient (Wildman–Crippen LogP) is 3.13. The van der Waals surface area contributed by atoms with Crippen molar-refractivity contribution in [2.45, 2.75) is 50.4 Å². The fourth-order valence-electron chi connectivity index (χ4n) is 5.05. The monoisotopic (exact) mass is 484 g/mol. The van der Waals surface area contributed by atoms with Gasteiger partial charge in [-0.05, 0) is 43.7 Å². The van der Waals surface area contributed by atoms with Crippen molar-refractivity contribution in [3.05, 3.63) is 30.3 Å². The van der Waals surface area contributed by atoms with E-state index in [4.69, 9.17) is 4.74 Å². The molecule has 9 heteroatoms. The van der Waals surface area contributed by atoms with Gasteiger partial charge in [0.15, 0.2) is 5.16 Å². The number of hydrogen-bond donors (Lipinski definition) is 0. The molecule has 3 saturated heterocycles. The lowest BCUT2D eigenvalue weighted by Crippen LogP contribution is -2.49. The van der Waals surface area contributed by atoms with Gasteiger partial charge in [-0.2, -0.15) is 0 Å². The van der Waals surface area contributed by atoms with Crippen LogP contribution in [0.1, 0.15) is 32.6 Å². The topological polar surface area (TPSA) is 66.7 Å². The number of anilines is 2. The van der Waals surface area contributed by atoms with E-state index in [-0.39, 0.29) is 12.0 Å². The van der Waals surface area contributed by atoms with Crippen molar-refractivity contribution in [2.24, 2.45) is 5.92 Å². The van der Waals surface area contributed by atoms with E-state index in [1.165, 1.54) is 30.3 Å². The maximum absolute atomic E-state index is 13.0. The van der Waals surface area contributed by atoms with E-state index in [1.807, 2.05) is 11.0 Å². The molecule has 1 amide bonds.